The van der Waals surface area contributed by atoms with E-state index in [1.807, 2.05) is 12.1 Å². The molecule has 4 heteroatoms. The number of pyridine rings is 1. The highest BCUT2D eigenvalue weighted by atomic mass is 16.1. The highest BCUT2D eigenvalue weighted by Gasteiger charge is 2.27. The molecule has 1 aromatic carbocycles. The number of carbonyl (C=O) groups is 1. The van der Waals surface area contributed by atoms with E-state index < -0.39 is 0 Å². The minimum absolute atomic E-state index is 0.0891. The number of hydrogen-bond donors (Lipinski definition) is 1. The summed E-state index contributed by atoms with van der Waals surface area (Å²) < 4.78 is 0. The fraction of sp³-hybridized carbons (Fsp3) is 0.250. The Morgan fingerprint density at radius 1 is 1.35 bits per heavy atom. The van der Waals surface area contributed by atoms with Crippen molar-refractivity contribution >= 4 is 17.4 Å². The molecule has 2 heterocycles. The maximum atomic E-state index is 11.8. The fourth-order valence-corrected chi connectivity index (χ4v) is 2.75. The summed E-state index contributed by atoms with van der Waals surface area (Å²) in [6.45, 7) is 2.17. The number of carbonyl (C=O) groups excluding carboxylic acids is 1. The van der Waals surface area contributed by atoms with Crippen molar-refractivity contribution in [1.29, 1.82) is 0 Å². The zero-order valence-electron chi connectivity index (χ0n) is 11.6. The van der Waals surface area contributed by atoms with Gasteiger partial charge in [0.05, 0.1) is 0 Å². The number of nitrogens with one attached hydrogen (secondary N) is 1. The van der Waals surface area contributed by atoms with Gasteiger partial charge in [-0.3, -0.25) is 4.79 Å². The third-order valence-corrected chi connectivity index (χ3v) is 3.69. The molecule has 0 fully saturated rings. The largest absolute Gasteiger partial charge is 0.355 e. The molecule has 1 aliphatic heterocycles. The number of para-hydroxylation sites is 1. The van der Waals surface area contributed by atoms with Crippen LogP contribution in [0.1, 0.15) is 22.8 Å². The molecule has 1 amide bonds. The molecule has 0 aliphatic carbocycles. The van der Waals surface area contributed by atoms with E-state index >= 15 is 0 Å². The molecule has 1 unspecified atom stereocenters. The minimum Gasteiger partial charge on any atom is -0.355 e. The van der Waals surface area contributed by atoms with Crippen LogP contribution in [0, 0.1) is 0 Å². The molecule has 0 radical (unpaired) electrons. The predicted molar refractivity (Wildman–Crippen MR) is 79.4 cm³/mol. The average molecular weight is 267 g/mol. The van der Waals surface area contributed by atoms with Gasteiger partial charge < -0.3 is 10.2 Å². The van der Waals surface area contributed by atoms with E-state index in [-0.39, 0.29) is 5.91 Å². The first kappa shape index (κ1) is 12.7. The summed E-state index contributed by atoms with van der Waals surface area (Å²) in [6, 6.07) is 12.3. The summed E-state index contributed by atoms with van der Waals surface area (Å²) in [7, 11) is 1.64. The van der Waals surface area contributed by atoms with Crippen LogP contribution in [0.4, 0.5) is 11.5 Å². The lowest BCUT2D eigenvalue weighted by molar-refractivity contribution is 0.0963. The summed E-state index contributed by atoms with van der Waals surface area (Å²) in [5.41, 5.74) is 3.14. The van der Waals surface area contributed by atoms with Crippen molar-refractivity contribution in [3.05, 3.63) is 53.7 Å². The van der Waals surface area contributed by atoms with Gasteiger partial charge in [-0.25, -0.2) is 4.98 Å². The molecule has 3 rings (SSSR count). The summed E-state index contributed by atoms with van der Waals surface area (Å²) in [5, 5.41) is 2.64. The van der Waals surface area contributed by atoms with E-state index in [4.69, 9.17) is 0 Å². The Morgan fingerprint density at radius 2 is 2.15 bits per heavy atom. The Morgan fingerprint density at radius 3 is 2.95 bits per heavy atom. The fourth-order valence-electron chi connectivity index (χ4n) is 2.75. The molecule has 102 valence electrons. The second-order valence-electron chi connectivity index (χ2n) is 5.03. The molecule has 2 aromatic rings. The smallest absolute Gasteiger partial charge is 0.251 e. The molecular formula is C16H17N3O. The Balaban J connectivity index is 2.03. The molecule has 1 aliphatic rings. The highest BCUT2D eigenvalue weighted by molar-refractivity contribution is 5.94. The zero-order valence-corrected chi connectivity index (χ0v) is 11.6. The van der Waals surface area contributed by atoms with Crippen molar-refractivity contribution in [2.75, 3.05) is 11.9 Å². The van der Waals surface area contributed by atoms with Crippen LogP contribution in [-0.4, -0.2) is 24.0 Å². The molecule has 0 bridgehead atoms. The Kier molecular flexibility index (Phi) is 3.14. The van der Waals surface area contributed by atoms with Gasteiger partial charge in [0.2, 0.25) is 0 Å². The number of amides is 1. The van der Waals surface area contributed by atoms with Gasteiger partial charge in [-0.05, 0) is 37.1 Å². The van der Waals surface area contributed by atoms with Crippen LogP contribution in [0.25, 0.3) is 0 Å². The van der Waals surface area contributed by atoms with Crippen LogP contribution in [0.15, 0.2) is 42.6 Å². The molecule has 4 nitrogen and oxygen atoms in total. The minimum atomic E-state index is -0.0891. The van der Waals surface area contributed by atoms with Crippen molar-refractivity contribution in [3.63, 3.8) is 0 Å². The van der Waals surface area contributed by atoms with Gasteiger partial charge in [0.1, 0.15) is 5.82 Å². The van der Waals surface area contributed by atoms with Crippen molar-refractivity contribution in [2.24, 2.45) is 0 Å². The maximum absolute atomic E-state index is 11.8. The predicted octanol–water partition coefficient (Wildman–Crippen LogP) is 2.52. The number of fused-ring (bicyclic) bond motifs is 1. The first-order valence-electron chi connectivity index (χ1n) is 6.76. The van der Waals surface area contributed by atoms with E-state index in [0.29, 0.717) is 11.6 Å². The zero-order chi connectivity index (χ0) is 14.1. The van der Waals surface area contributed by atoms with Gasteiger partial charge in [0.25, 0.3) is 5.91 Å². The lowest BCUT2D eigenvalue weighted by atomic mass is 10.1. The monoisotopic (exact) mass is 267 g/mol. The second-order valence-corrected chi connectivity index (χ2v) is 5.03. The molecular weight excluding hydrogens is 250 g/mol. The average Bonchev–Trinajstić information content (AvgIpc) is 2.82. The second kappa shape index (κ2) is 4.96. The number of aromatic nitrogens is 1. The van der Waals surface area contributed by atoms with Gasteiger partial charge in [-0.1, -0.05) is 18.2 Å². The Bertz CT molecular complexity index is 654. The van der Waals surface area contributed by atoms with Crippen LogP contribution in [0.2, 0.25) is 0 Å². The standard InChI is InChI=1S/C16H17N3O/c1-11-9-12-5-3-4-6-14(12)19(11)15-10-13(7-8-18-15)16(20)17-2/h3-8,10-11H,9H2,1-2H3,(H,17,20). The number of rotatable bonds is 2. The lowest BCUT2D eigenvalue weighted by Crippen LogP contribution is -2.25. The molecule has 0 saturated heterocycles. The van der Waals surface area contributed by atoms with Crippen LogP contribution < -0.4 is 10.2 Å². The van der Waals surface area contributed by atoms with Crippen molar-refractivity contribution in [1.82, 2.24) is 10.3 Å². The van der Waals surface area contributed by atoms with Crippen LogP contribution in [-0.2, 0) is 6.42 Å². The summed E-state index contributed by atoms with van der Waals surface area (Å²) in [6.07, 6.45) is 2.69. The molecule has 1 aromatic heterocycles. The number of benzene rings is 1. The molecule has 1 atom stereocenters. The van der Waals surface area contributed by atoms with Gasteiger partial charge >= 0.3 is 0 Å². The molecule has 0 saturated carbocycles. The highest BCUT2D eigenvalue weighted by Crippen LogP contribution is 2.37. The number of hydrogen-bond acceptors (Lipinski definition) is 3. The first-order valence-corrected chi connectivity index (χ1v) is 6.76. The summed E-state index contributed by atoms with van der Waals surface area (Å²) in [4.78, 5) is 18.4. The van der Waals surface area contributed by atoms with Crippen molar-refractivity contribution in [3.8, 4) is 0 Å². The number of anilines is 2. The third-order valence-electron chi connectivity index (χ3n) is 3.69. The third kappa shape index (κ3) is 2.03. The Hall–Kier alpha value is -2.36. The molecule has 0 spiro atoms. The SMILES string of the molecule is CNC(=O)c1ccnc(N2c3ccccc3CC2C)c1. The van der Waals surface area contributed by atoms with Crippen LogP contribution in [0.3, 0.4) is 0 Å². The summed E-state index contributed by atoms with van der Waals surface area (Å²) in [5.74, 6) is 0.734. The Labute approximate surface area is 118 Å². The van der Waals surface area contributed by atoms with Gasteiger partial charge in [-0.15, -0.1) is 0 Å². The topological polar surface area (TPSA) is 45.2 Å². The summed E-state index contributed by atoms with van der Waals surface area (Å²) >= 11 is 0. The van der Waals surface area contributed by atoms with Crippen molar-refractivity contribution in [2.45, 2.75) is 19.4 Å². The van der Waals surface area contributed by atoms with Crippen LogP contribution >= 0.6 is 0 Å². The van der Waals surface area contributed by atoms with E-state index in [1.54, 1.807) is 19.3 Å². The van der Waals surface area contributed by atoms with Crippen molar-refractivity contribution < 1.29 is 4.79 Å². The van der Waals surface area contributed by atoms with E-state index in [0.717, 1.165) is 12.2 Å². The molecule has 1 N–H and O–H groups in total. The molecule has 20 heavy (non-hydrogen) atoms. The van der Waals surface area contributed by atoms with E-state index in [9.17, 15) is 4.79 Å². The van der Waals surface area contributed by atoms with Gasteiger partial charge in [-0.2, -0.15) is 0 Å². The van der Waals surface area contributed by atoms with Gasteiger partial charge in [0.15, 0.2) is 0 Å². The first-order chi connectivity index (χ1) is 9.70. The van der Waals surface area contributed by atoms with E-state index in [2.05, 4.69) is 40.3 Å². The quantitative estimate of drug-likeness (QED) is 0.909. The number of nitrogens with zero attached hydrogens (tertiary/aromatic N) is 2. The normalized spacial score (nSPS) is 16.9. The lowest BCUT2D eigenvalue weighted by Gasteiger charge is -2.24. The van der Waals surface area contributed by atoms with Gasteiger partial charge in [0, 0.05) is 30.5 Å². The maximum Gasteiger partial charge on any atom is 0.251 e. The van der Waals surface area contributed by atoms with E-state index in [1.165, 1.54) is 11.3 Å². The van der Waals surface area contributed by atoms with Crippen LogP contribution in [0.5, 0.6) is 0 Å².